The summed E-state index contributed by atoms with van der Waals surface area (Å²) in [5.41, 5.74) is 6.13. The van der Waals surface area contributed by atoms with Crippen LogP contribution >= 0.6 is 0 Å². The van der Waals surface area contributed by atoms with Gasteiger partial charge in [0.1, 0.15) is 0 Å². The van der Waals surface area contributed by atoms with E-state index < -0.39 is 0 Å². The van der Waals surface area contributed by atoms with E-state index in [9.17, 15) is 4.79 Å². The zero-order valence-corrected chi connectivity index (χ0v) is 18.0. The highest BCUT2D eigenvalue weighted by atomic mass is 16.5. The van der Waals surface area contributed by atoms with Gasteiger partial charge in [0, 0.05) is 36.7 Å². The molecular formula is C26H30N2O2. The molecule has 0 bridgehead atoms. The van der Waals surface area contributed by atoms with Gasteiger partial charge in [-0.25, -0.2) is 0 Å². The second-order valence-electron chi connectivity index (χ2n) is 8.04. The summed E-state index contributed by atoms with van der Waals surface area (Å²) in [5.74, 6) is -0.265. The fourth-order valence-corrected chi connectivity index (χ4v) is 4.99. The highest BCUT2D eigenvalue weighted by Crippen LogP contribution is 2.45. The van der Waals surface area contributed by atoms with Gasteiger partial charge < -0.3 is 14.6 Å². The SMILES string of the molecule is C/C=C(/CNCc1ccccc1)[C@@H]1CCc2c(c3ccccc3n2C)[C@H]1C(=O)OC. The lowest BCUT2D eigenvalue weighted by atomic mass is 9.72. The minimum Gasteiger partial charge on any atom is -0.469 e. The molecule has 1 aromatic heterocycles. The summed E-state index contributed by atoms with van der Waals surface area (Å²) < 4.78 is 7.56. The molecule has 30 heavy (non-hydrogen) atoms. The lowest BCUT2D eigenvalue weighted by molar-refractivity contribution is -0.143. The van der Waals surface area contributed by atoms with Crippen LogP contribution in [-0.2, 0) is 29.5 Å². The zero-order valence-electron chi connectivity index (χ0n) is 18.0. The molecular weight excluding hydrogens is 372 g/mol. The first-order chi connectivity index (χ1) is 14.7. The Bertz CT molecular complexity index is 1070. The number of hydrogen-bond donors (Lipinski definition) is 1. The first kappa shape index (κ1) is 20.4. The Labute approximate surface area is 178 Å². The lowest BCUT2D eigenvalue weighted by Gasteiger charge is -2.33. The van der Waals surface area contributed by atoms with Crippen LogP contribution < -0.4 is 5.32 Å². The molecule has 4 heteroatoms. The number of methoxy groups -OCH3 is 1. The van der Waals surface area contributed by atoms with Crippen molar-refractivity contribution in [2.24, 2.45) is 13.0 Å². The number of hydrogen-bond acceptors (Lipinski definition) is 3. The van der Waals surface area contributed by atoms with Gasteiger partial charge in [0.05, 0.1) is 13.0 Å². The van der Waals surface area contributed by atoms with Crippen molar-refractivity contribution in [1.29, 1.82) is 0 Å². The number of allylic oxidation sites excluding steroid dienone is 1. The van der Waals surface area contributed by atoms with Gasteiger partial charge in [0.15, 0.2) is 0 Å². The Hall–Kier alpha value is -2.85. The van der Waals surface area contributed by atoms with Gasteiger partial charge in [-0.05, 0) is 42.9 Å². The summed E-state index contributed by atoms with van der Waals surface area (Å²) in [6.07, 6.45) is 4.09. The molecule has 0 unspecified atom stereocenters. The Morgan fingerprint density at radius 1 is 1.17 bits per heavy atom. The number of ether oxygens (including phenoxy) is 1. The molecule has 3 aromatic rings. The predicted molar refractivity (Wildman–Crippen MR) is 121 cm³/mol. The quantitative estimate of drug-likeness (QED) is 0.479. The van der Waals surface area contributed by atoms with Crippen LogP contribution in [0, 0.1) is 5.92 Å². The van der Waals surface area contributed by atoms with Gasteiger partial charge in [-0.1, -0.05) is 60.2 Å². The summed E-state index contributed by atoms with van der Waals surface area (Å²) in [5, 5.41) is 4.74. The van der Waals surface area contributed by atoms with E-state index in [-0.39, 0.29) is 17.8 Å². The van der Waals surface area contributed by atoms with Gasteiger partial charge in [-0.15, -0.1) is 0 Å². The zero-order chi connectivity index (χ0) is 21.1. The third kappa shape index (κ3) is 3.68. The first-order valence-corrected chi connectivity index (χ1v) is 10.7. The molecule has 0 radical (unpaired) electrons. The molecule has 0 spiro atoms. The molecule has 2 atom stereocenters. The minimum absolute atomic E-state index is 0.139. The van der Waals surface area contributed by atoms with Crippen molar-refractivity contribution in [3.63, 3.8) is 0 Å². The largest absolute Gasteiger partial charge is 0.469 e. The van der Waals surface area contributed by atoms with Crippen LogP contribution in [0.2, 0.25) is 0 Å². The monoisotopic (exact) mass is 402 g/mol. The van der Waals surface area contributed by atoms with Crippen molar-refractivity contribution in [3.8, 4) is 0 Å². The third-order valence-electron chi connectivity index (χ3n) is 6.48. The number of para-hydroxylation sites is 1. The first-order valence-electron chi connectivity index (χ1n) is 10.7. The van der Waals surface area contributed by atoms with E-state index in [1.807, 2.05) is 6.07 Å². The highest BCUT2D eigenvalue weighted by molar-refractivity contribution is 5.92. The smallest absolute Gasteiger partial charge is 0.313 e. The maximum Gasteiger partial charge on any atom is 0.313 e. The second-order valence-corrected chi connectivity index (χ2v) is 8.04. The highest BCUT2D eigenvalue weighted by Gasteiger charge is 2.40. The molecule has 1 aliphatic carbocycles. The summed E-state index contributed by atoms with van der Waals surface area (Å²) >= 11 is 0. The molecule has 0 fully saturated rings. The molecule has 4 nitrogen and oxygen atoms in total. The Morgan fingerprint density at radius 3 is 2.63 bits per heavy atom. The van der Waals surface area contributed by atoms with Crippen LogP contribution in [0.5, 0.6) is 0 Å². The minimum atomic E-state index is -0.269. The van der Waals surface area contributed by atoms with Gasteiger partial charge in [0.25, 0.3) is 0 Å². The van der Waals surface area contributed by atoms with E-state index >= 15 is 0 Å². The number of aromatic nitrogens is 1. The standard InChI is InChI=1S/C26H30N2O2/c1-4-19(17-27-16-18-10-6-5-7-11-18)20-14-15-23-24(25(20)26(29)30-3)21-12-8-9-13-22(21)28(23)2/h4-13,20,25,27H,14-17H2,1-3H3/b19-4-/t20-,25-/m0/s1. The van der Waals surface area contributed by atoms with Crippen LogP contribution in [0.4, 0.5) is 0 Å². The molecule has 4 rings (SSSR count). The van der Waals surface area contributed by atoms with E-state index in [4.69, 9.17) is 4.74 Å². The van der Waals surface area contributed by atoms with Crippen LogP contribution in [0.25, 0.3) is 10.9 Å². The number of nitrogens with one attached hydrogen (secondary N) is 1. The van der Waals surface area contributed by atoms with Crippen molar-refractivity contribution in [2.45, 2.75) is 32.2 Å². The topological polar surface area (TPSA) is 43.3 Å². The van der Waals surface area contributed by atoms with Crippen molar-refractivity contribution in [3.05, 3.63) is 83.1 Å². The number of esters is 1. The normalized spacial score (nSPS) is 19.0. The lowest BCUT2D eigenvalue weighted by Crippen LogP contribution is -2.32. The van der Waals surface area contributed by atoms with Crippen molar-refractivity contribution in [1.82, 2.24) is 9.88 Å². The molecule has 0 saturated carbocycles. The van der Waals surface area contributed by atoms with E-state index in [0.29, 0.717) is 0 Å². The van der Waals surface area contributed by atoms with Crippen LogP contribution in [-0.4, -0.2) is 24.2 Å². The Morgan fingerprint density at radius 2 is 1.90 bits per heavy atom. The fourth-order valence-electron chi connectivity index (χ4n) is 4.99. The number of carbonyl (C=O) groups is 1. The molecule has 2 aromatic carbocycles. The molecule has 1 heterocycles. The van der Waals surface area contributed by atoms with Crippen molar-refractivity contribution in [2.75, 3.05) is 13.7 Å². The number of carbonyl (C=O) groups excluding carboxylic acids is 1. The van der Waals surface area contributed by atoms with E-state index in [1.165, 1.54) is 34.8 Å². The molecule has 156 valence electrons. The Kier molecular flexibility index (Phi) is 6.05. The van der Waals surface area contributed by atoms with E-state index in [0.717, 1.165) is 31.5 Å². The van der Waals surface area contributed by atoms with E-state index in [2.05, 4.69) is 78.5 Å². The molecule has 1 N–H and O–H groups in total. The van der Waals surface area contributed by atoms with Crippen molar-refractivity contribution >= 4 is 16.9 Å². The van der Waals surface area contributed by atoms with Gasteiger partial charge in [0.2, 0.25) is 0 Å². The fraction of sp³-hybridized carbons (Fsp3) is 0.346. The predicted octanol–water partition coefficient (Wildman–Crippen LogP) is 4.73. The summed E-state index contributed by atoms with van der Waals surface area (Å²) in [7, 11) is 3.61. The van der Waals surface area contributed by atoms with Gasteiger partial charge in [-0.2, -0.15) is 0 Å². The maximum atomic E-state index is 13.0. The van der Waals surface area contributed by atoms with Gasteiger partial charge >= 0.3 is 5.97 Å². The second kappa shape index (κ2) is 8.88. The van der Waals surface area contributed by atoms with Gasteiger partial charge in [-0.3, -0.25) is 4.79 Å². The van der Waals surface area contributed by atoms with E-state index in [1.54, 1.807) is 0 Å². The molecule has 0 amide bonds. The average Bonchev–Trinajstić information content (AvgIpc) is 3.09. The maximum absolute atomic E-state index is 13.0. The summed E-state index contributed by atoms with van der Waals surface area (Å²) in [6.45, 7) is 3.66. The Balaban J connectivity index is 1.64. The number of nitrogens with zero attached hydrogens (tertiary/aromatic N) is 1. The molecule has 0 aliphatic heterocycles. The molecule has 0 saturated heterocycles. The number of aryl methyl sites for hydroxylation is 1. The number of fused-ring (bicyclic) bond motifs is 3. The van der Waals surface area contributed by atoms with Crippen LogP contribution in [0.1, 0.15) is 36.1 Å². The van der Waals surface area contributed by atoms with Crippen LogP contribution in [0.15, 0.2) is 66.2 Å². The molecule has 1 aliphatic rings. The summed E-state index contributed by atoms with van der Waals surface area (Å²) in [6, 6.07) is 18.8. The van der Waals surface area contributed by atoms with Crippen molar-refractivity contribution < 1.29 is 9.53 Å². The number of benzene rings is 2. The third-order valence-corrected chi connectivity index (χ3v) is 6.48. The van der Waals surface area contributed by atoms with Crippen LogP contribution in [0.3, 0.4) is 0 Å². The number of rotatable bonds is 6. The average molecular weight is 403 g/mol. The summed E-state index contributed by atoms with van der Waals surface area (Å²) in [4.78, 5) is 13.0.